The standard InChI is InChI=1S/C18H23F5N2O4S2/c1-12(2)7-10-24-30(26,27)17(15-11-13(19)3-4-16(15)20)8-5-14(6-9-17)25-31(28,29)18(21,22)23/h3-4,7,11,14,24-25H,5-6,8-10H2,1-2H3/t14-,17+. The van der Waals surface area contributed by atoms with E-state index in [1.807, 2.05) is 0 Å². The van der Waals surface area contributed by atoms with Gasteiger partial charge in [0.2, 0.25) is 10.0 Å². The van der Waals surface area contributed by atoms with Gasteiger partial charge in [-0.1, -0.05) is 11.6 Å². The van der Waals surface area contributed by atoms with Crippen molar-refractivity contribution in [2.75, 3.05) is 6.54 Å². The Kier molecular flexibility index (Phi) is 7.56. The van der Waals surface area contributed by atoms with Crippen LogP contribution in [0.3, 0.4) is 0 Å². The minimum absolute atomic E-state index is 0.118. The molecule has 31 heavy (non-hydrogen) atoms. The second-order valence-corrected chi connectivity index (χ2v) is 11.4. The van der Waals surface area contributed by atoms with Crippen LogP contribution < -0.4 is 9.44 Å². The Bertz CT molecular complexity index is 1040. The summed E-state index contributed by atoms with van der Waals surface area (Å²) >= 11 is 0. The summed E-state index contributed by atoms with van der Waals surface area (Å²) in [7, 11) is -9.96. The molecule has 6 nitrogen and oxygen atoms in total. The van der Waals surface area contributed by atoms with E-state index in [0.29, 0.717) is 0 Å². The molecule has 1 aromatic carbocycles. The number of hydrogen-bond donors (Lipinski definition) is 2. The molecule has 1 fully saturated rings. The van der Waals surface area contributed by atoms with Gasteiger partial charge in [0.25, 0.3) is 0 Å². The van der Waals surface area contributed by atoms with Gasteiger partial charge in [-0.15, -0.1) is 0 Å². The number of rotatable bonds is 7. The molecule has 1 aliphatic carbocycles. The van der Waals surface area contributed by atoms with Crippen LogP contribution in [-0.2, 0) is 24.8 Å². The van der Waals surface area contributed by atoms with Crippen molar-refractivity contribution in [2.45, 2.75) is 55.8 Å². The van der Waals surface area contributed by atoms with Crippen LogP contribution in [0.15, 0.2) is 29.8 Å². The molecule has 0 atom stereocenters. The van der Waals surface area contributed by atoms with Gasteiger partial charge in [0.1, 0.15) is 16.4 Å². The van der Waals surface area contributed by atoms with E-state index in [4.69, 9.17) is 0 Å². The number of halogens is 5. The summed E-state index contributed by atoms with van der Waals surface area (Å²) in [6, 6.07) is 1.13. The number of hydrogen-bond acceptors (Lipinski definition) is 4. The summed E-state index contributed by atoms with van der Waals surface area (Å²) in [5.74, 6) is -1.86. The van der Waals surface area contributed by atoms with E-state index in [1.165, 1.54) is 4.72 Å². The minimum Gasteiger partial charge on any atom is -0.211 e. The molecule has 176 valence electrons. The van der Waals surface area contributed by atoms with Crippen molar-refractivity contribution in [3.05, 3.63) is 47.0 Å². The maximum atomic E-state index is 14.6. The Morgan fingerprint density at radius 1 is 1.13 bits per heavy atom. The average Bonchev–Trinajstić information content (AvgIpc) is 2.62. The third-order valence-corrected chi connectivity index (χ3v) is 8.59. The van der Waals surface area contributed by atoms with Crippen molar-refractivity contribution in [2.24, 2.45) is 0 Å². The summed E-state index contributed by atoms with van der Waals surface area (Å²) in [6.07, 6.45) is 0.0883. The van der Waals surface area contributed by atoms with Crippen LogP contribution in [0.2, 0.25) is 0 Å². The summed E-state index contributed by atoms with van der Waals surface area (Å²) in [5, 5.41) is 0. The summed E-state index contributed by atoms with van der Waals surface area (Å²) < 4.78 is 117. The topological polar surface area (TPSA) is 92.3 Å². The van der Waals surface area contributed by atoms with Crippen molar-refractivity contribution in [3.63, 3.8) is 0 Å². The normalized spacial score (nSPS) is 22.9. The minimum atomic E-state index is -5.63. The van der Waals surface area contributed by atoms with Gasteiger partial charge in [0.15, 0.2) is 0 Å². The fourth-order valence-corrected chi connectivity index (χ4v) is 6.12. The van der Waals surface area contributed by atoms with Crippen molar-refractivity contribution in [1.29, 1.82) is 0 Å². The first-order valence-corrected chi connectivity index (χ1v) is 12.2. The van der Waals surface area contributed by atoms with E-state index in [0.717, 1.165) is 23.8 Å². The van der Waals surface area contributed by atoms with Crippen molar-refractivity contribution in [1.82, 2.24) is 9.44 Å². The lowest BCUT2D eigenvalue weighted by Gasteiger charge is -2.40. The van der Waals surface area contributed by atoms with Gasteiger partial charge < -0.3 is 0 Å². The Balaban J connectivity index is 2.40. The average molecular weight is 491 g/mol. The molecule has 2 N–H and O–H groups in total. The van der Waals surface area contributed by atoms with Crippen LogP contribution in [0.1, 0.15) is 45.1 Å². The van der Waals surface area contributed by atoms with Crippen LogP contribution in [-0.4, -0.2) is 34.9 Å². The lowest BCUT2D eigenvalue weighted by atomic mass is 9.81. The Morgan fingerprint density at radius 2 is 1.71 bits per heavy atom. The zero-order valence-corrected chi connectivity index (χ0v) is 18.4. The van der Waals surface area contributed by atoms with Crippen molar-refractivity contribution >= 4 is 20.0 Å². The number of alkyl halides is 3. The van der Waals surface area contributed by atoms with Crippen LogP contribution in [0.4, 0.5) is 22.0 Å². The van der Waals surface area contributed by atoms with Crippen molar-refractivity contribution < 1.29 is 38.8 Å². The smallest absolute Gasteiger partial charge is 0.211 e. The number of benzene rings is 1. The lowest BCUT2D eigenvalue weighted by molar-refractivity contribution is -0.0452. The van der Waals surface area contributed by atoms with Crippen molar-refractivity contribution in [3.8, 4) is 0 Å². The Morgan fingerprint density at radius 3 is 2.23 bits per heavy atom. The molecule has 1 saturated carbocycles. The Labute approximate surface area is 178 Å². The maximum absolute atomic E-state index is 14.6. The fourth-order valence-electron chi connectivity index (χ4n) is 3.51. The third-order valence-electron chi connectivity index (χ3n) is 5.14. The molecule has 0 amide bonds. The largest absolute Gasteiger partial charge is 0.511 e. The van der Waals surface area contributed by atoms with Gasteiger partial charge in [-0.05, 0) is 57.7 Å². The Hall–Kier alpha value is -1.57. The molecule has 0 aromatic heterocycles. The molecule has 1 aromatic rings. The van der Waals surface area contributed by atoms with E-state index in [-0.39, 0.29) is 19.4 Å². The maximum Gasteiger partial charge on any atom is 0.511 e. The predicted octanol–water partition coefficient (Wildman–Crippen LogP) is 3.43. The van der Waals surface area contributed by atoms with E-state index in [9.17, 15) is 38.8 Å². The molecule has 0 saturated heterocycles. The quantitative estimate of drug-likeness (QED) is 0.453. The second-order valence-electron chi connectivity index (χ2n) is 7.59. The molecular formula is C18H23F5N2O4S2. The van der Waals surface area contributed by atoms with Crippen LogP contribution in [0.25, 0.3) is 0 Å². The molecule has 0 heterocycles. The van der Waals surface area contributed by atoms with Gasteiger partial charge in [0.05, 0.1) is 0 Å². The van der Waals surface area contributed by atoms with Gasteiger partial charge in [-0.3, -0.25) is 0 Å². The highest BCUT2D eigenvalue weighted by molar-refractivity contribution is 7.90. The van der Waals surface area contributed by atoms with Gasteiger partial charge in [0, 0.05) is 18.2 Å². The predicted molar refractivity (Wildman–Crippen MR) is 105 cm³/mol. The van der Waals surface area contributed by atoms with Crippen LogP contribution in [0.5, 0.6) is 0 Å². The number of allylic oxidation sites excluding steroid dienone is 1. The van der Waals surface area contributed by atoms with E-state index in [1.54, 1.807) is 19.9 Å². The highest BCUT2D eigenvalue weighted by atomic mass is 32.2. The summed E-state index contributed by atoms with van der Waals surface area (Å²) in [5.41, 5.74) is -5.16. The van der Waals surface area contributed by atoms with Gasteiger partial charge >= 0.3 is 15.5 Å². The third kappa shape index (κ3) is 5.62. The molecule has 0 aliphatic heterocycles. The SMILES string of the molecule is CC(C)=CCNS(=O)(=O)[C@]1(c2cc(F)ccc2F)CC[C@H](NS(=O)(=O)C(F)(F)F)CC1. The monoisotopic (exact) mass is 490 g/mol. The van der Waals surface area contributed by atoms with Gasteiger partial charge in [-0.25, -0.2) is 35.1 Å². The summed E-state index contributed by atoms with van der Waals surface area (Å²) in [4.78, 5) is 0. The van der Waals surface area contributed by atoms with Crippen LogP contribution >= 0.6 is 0 Å². The highest BCUT2D eigenvalue weighted by Gasteiger charge is 2.52. The van der Waals surface area contributed by atoms with Crippen LogP contribution in [0, 0.1) is 11.6 Å². The van der Waals surface area contributed by atoms with Gasteiger partial charge in [-0.2, -0.15) is 13.2 Å². The lowest BCUT2D eigenvalue weighted by Crippen LogP contribution is -2.51. The van der Waals surface area contributed by atoms with E-state index < -0.39 is 66.4 Å². The molecule has 0 bridgehead atoms. The number of sulfonamides is 2. The molecule has 0 unspecified atom stereocenters. The van der Waals surface area contributed by atoms with E-state index in [2.05, 4.69) is 4.72 Å². The molecule has 2 rings (SSSR count). The zero-order chi connectivity index (χ0) is 23.7. The molecule has 13 heteroatoms. The zero-order valence-electron chi connectivity index (χ0n) is 16.8. The molecular weight excluding hydrogens is 467 g/mol. The highest BCUT2D eigenvalue weighted by Crippen LogP contribution is 2.45. The first kappa shape index (κ1) is 25.7. The summed E-state index contributed by atoms with van der Waals surface area (Å²) in [6.45, 7) is 3.34. The molecule has 1 aliphatic rings. The first-order chi connectivity index (χ1) is 14.1. The van der Waals surface area contributed by atoms with E-state index >= 15 is 0 Å². The first-order valence-electron chi connectivity index (χ1n) is 9.28. The number of nitrogens with one attached hydrogen (secondary N) is 2. The second kappa shape index (κ2) is 9.12. The fraction of sp³-hybridized carbons (Fsp3) is 0.556. The molecule has 0 spiro atoms. The molecule has 0 radical (unpaired) electrons.